The number of ether oxygens (including phenoxy) is 1. The maximum absolute atomic E-state index is 11.7. The fraction of sp³-hybridized carbons (Fsp3) is 0.500. The van der Waals surface area contributed by atoms with E-state index in [1.54, 1.807) is 20.8 Å². The Balaban J connectivity index is 3.07. The van der Waals surface area contributed by atoms with Gasteiger partial charge in [0.05, 0.1) is 12.0 Å². The fourth-order valence-electron chi connectivity index (χ4n) is 1.43. The van der Waals surface area contributed by atoms with Crippen LogP contribution in [0.2, 0.25) is 0 Å². The van der Waals surface area contributed by atoms with Gasteiger partial charge in [0.2, 0.25) is 0 Å². The third-order valence-electron chi connectivity index (χ3n) is 2.08. The molecule has 20 heavy (non-hydrogen) atoms. The first-order valence-electron chi connectivity index (χ1n) is 5.90. The average molecular weight is 283 g/mol. The van der Waals surface area contributed by atoms with Crippen molar-refractivity contribution in [2.24, 2.45) is 0 Å². The average Bonchev–Trinajstić information content (AvgIpc) is 2.19. The Kier molecular flexibility index (Phi) is 4.49. The molecule has 0 aromatic carbocycles. The van der Waals surface area contributed by atoms with E-state index in [1.807, 2.05) is 0 Å². The van der Waals surface area contributed by atoms with Crippen LogP contribution >= 0.6 is 0 Å². The van der Waals surface area contributed by atoms with E-state index < -0.39 is 29.6 Å². The Morgan fingerprint density at radius 3 is 2.50 bits per heavy atom. The molecule has 0 bridgehead atoms. The summed E-state index contributed by atoms with van der Waals surface area (Å²) in [7, 11) is 0. The van der Waals surface area contributed by atoms with Crippen molar-refractivity contribution in [3.63, 3.8) is 0 Å². The largest absolute Gasteiger partial charge is 0.481 e. The van der Waals surface area contributed by atoms with Gasteiger partial charge in [0.15, 0.2) is 0 Å². The molecule has 0 aliphatic carbocycles. The molecule has 8 nitrogen and oxygen atoms in total. The first-order chi connectivity index (χ1) is 9.08. The molecular weight excluding hydrogens is 266 g/mol. The zero-order chi connectivity index (χ0) is 15.5. The molecule has 0 radical (unpaired) electrons. The van der Waals surface area contributed by atoms with Crippen LogP contribution in [0.25, 0.3) is 0 Å². The number of nitrogens with zero attached hydrogens (tertiary/aromatic N) is 1. The van der Waals surface area contributed by atoms with Crippen LogP contribution in [0.5, 0.6) is 0 Å². The van der Waals surface area contributed by atoms with E-state index >= 15 is 0 Å². The van der Waals surface area contributed by atoms with Gasteiger partial charge in [-0.25, -0.2) is 9.78 Å². The van der Waals surface area contributed by atoms with Crippen molar-refractivity contribution in [2.75, 3.05) is 5.32 Å². The van der Waals surface area contributed by atoms with Crippen molar-refractivity contribution < 1.29 is 19.4 Å². The third-order valence-corrected chi connectivity index (χ3v) is 2.08. The fourth-order valence-corrected chi connectivity index (χ4v) is 1.43. The second kappa shape index (κ2) is 5.72. The van der Waals surface area contributed by atoms with Crippen LogP contribution in [0.4, 0.5) is 10.6 Å². The van der Waals surface area contributed by atoms with Crippen molar-refractivity contribution in [3.05, 3.63) is 21.7 Å². The molecule has 1 aromatic heterocycles. The minimum absolute atomic E-state index is 0.108. The summed E-state index contributed by atoms with van der Waals surface area (Å²) in [6.45, 7) is 6.57. The molecule has 0 spiro atoms. The summed E-state index contributed by atoms with van der Waals surface area (Å²) in [6.07, 6.45) is -1.35. The Morgan fingerprint density at radius 1 is 1.40 bits per heavy atom. The van der Waals surface area contributed by atoms with E-state index in [4.69, 9.17) is 9.84 Å². The van der Waals surface area contributed by atoms with Crippen LogP contribution in [-0.4, -0.2) is 32.7 Å². The van der Waals surface area contributed by atoms with Crippen molar-refractivity contribution in [1.29, 1.82) is 0 Å². The van der Waals surface area contributed by atoms with Gasteiger partial charge < -0.3 is 14.8 Å². The number of hydrogen-bond donors (Lipinski definition) is 3. The molecule has 1 heterocycles. The summed E-state index contributed by atoms with van der Waals surface area (Å²) in [5, 5.41) is 11.1. The monoisotopic (exact) mass is 283 g/mol. The molecule has 0 saturated carbocycles. The topological polar surface area (TPSA) is 121 Å². The Hall–Kier alpha value is -2.38. The summed E-state index contributed by atoms with van der Waals surface area (Å²) in [5.41, 5.74) is -1.45. The highest BCUT2D eigenvalue weighted by atomic mass is 16.6. The van der Waals surface area contributed by atoms with E-state index in [-0.39, 0.29) is 17.2 Å². The van der Waals surface area contributed by atoms with E-state index in [0.717, 1.165) is 0 Å². The number of aliphatic carboxylic acids is 1. The van der Waals surface area contributed by atoms with Gasteiger partial charge in [0.1, 0.15) is 17.2 Å². The second-order valence-electron chi connectivity index (χ2n) is 5.18. The number of amides is 1. The molecule has 0 atom stereocenters. The predicted octanol–water partition coefficient (Wildman–Crippen LogP) is 1.05. The predicted molar refractivity (Wildman–Crippen MR) is 70.8 cm³/mol. The van der Waals surface area contributed by atoms with Crippen molar-refractivity contribution in [3.8, 4) is 0 Å². The molecule has 0 fully saturated rings. The van der Waals surface area contributed by atoms with Gasteiger partial charge >= 0.3 is 12.1 Å². The highest BCUT2D eigenvalue weighted by Crippen LogP contribution is 2.12. The molecule has 8 heteroatoms. The van der Waals surface area contributed by atoms with Crippen LogP contribution in [0.15, 0.2) is 4.79 Å². The van der Waals surface area contributed by atoms with Crippen molar-refractivity contribution >= 4 is 17.9 Å². The zero-order valence-corrected chi connectivity index (χ0v) is 11.7. The summed E-state index contributed by atoms with van der Waals surface area (Å²) in [5.74, 6) is -1.05. The standard InChI is InChI=1S/C12H17N3O5/c1-6-13-9(15-11(19)20-12(2,3)4)7(5-8(16)17)10(18)14-6/h5H2,1-4H3,(H,16,17)(H2,13,14,15,18,19). The number of rotatable bonds is 3. The first-order valence-corrected chi connectivity index (χ1v) is 5.90. The first kappa shape index (κ1) is 15.7. The number of anilines is 1. The molecular formula is C12H17N3O5. The van der Waals surface area contributed by atoms with Gasteiger partial charge in [-0.15, -0.1) is 0 Å². The van der Waals surface area contributed by atoms with E-state index in [2.05, 4.69) is 15.3 Å². The SMILES string of the molecule is Cc1nc(NC(=O)OC(C)(C)C)c(CC(=O)O)c(=O)[nH]1. The number of carboxylic acid groups (broad SMARTS) is 1. The van der Waals surface area contributed by atoms with Gasteiger partial charge in [0, 0.05) is 0 Å². The normalized spacial score (nSPS) is 11.0. The molecule has 1 aromatic rings. The number of nitrogens with one attached hydrogen (secondary N) is 2. The van der Waals surface area contributed by atoms with Crippen LogP contribution < -0.4 is 10.9 Å². The van der Waals surface area contributed by atoms with Crippen LogP contribution in [-0.2, 0) is 16.0 Å². The Bertz CT molecular complexity index is 586. The highest BCUT2D eigenvalue weighted by Gasteiger charge is 2.20. The molecule has 1 rings (SSSR count). The number of aromatic nitrogens is 2. The van der Waals surface area contributed by atoms with E-state index in [0.29, 0.717) is 0 Å². The smallest absolute Gasteiger partial charge is 0.413 e. The lowest BCUT2D eigenvalue weighted by molar-refractivity contribution is -0.136. The summed E-state index contributed by atoms with van der Waals surface area (Å²) < 4.78 is 5.03. The van der Waals surface area contributed by atoms with Gasteiger partial charge in [-0.05, 0) is 27.7 Å². The van der Waals surface area contributed by atoms with E-state index in [1.165, 1.54) is 6.92 Å². The molecule has 0 unspecified atom stereocenters. The molecule has 0 aliphatic heterocycles. The van der Waals surface area contributed by atoms with Gasteiger partial charge in [-0.1, -0.05) is 0 Å². The maximum Gasteiger partial charge on any atom is 0.413 e. The third kappa shape index (κ3) is 4.71. The number of aryl methyl sites for hydroxylation is 1. The molecule has 110 valence electrons. The molecule has 0 aliphatic rings. The maximum atomic E-state index is 11.7. The minimum atomic E-state index is -1.20. The summed E-state index contributed by atoms with van der Waals surface area (Å²) in [6, 6.07) is 0. The molecule has 0 saturated heterocycles. The lowest BCUT2D eigenvalue weighted by atomic mass is 10.2. The minimum Gasteiger partial charge on any atom is -0.481 e. The number of carbonyl (C=O) groups is 2. The van der Waals surface area contributed by atoms with Gasteiger partial charge in [-0.3, -0.25) is 14.9 Å². The van der Waals surface area contributed by atoms with Gasteiger partial charge in [0.25, 0.3) is 5.56 Å². The lowest BCUT2D eigenvalue weighted by Gasteiger charge is -2.20. The van der Waals surface area contributed by atoms with Gasteiger partial charge in [-0.2, -0.15) is 0 Å². The van der Waals surface area contributed by atoms with Crippen molar-refractivity contribution in [1.82, 2.24) is 9.97 Å². The van der Waals surface area contributed by atoms with Crippen LogP contribution in [0, 0.1) is 6.92 Å². The van der Waals surface area contributed by atoms with E-state index in [9.17, 15) is 14.4 Å². The number of hydrogen-bond acceptors (Lipinski definition) is 5. The number of H-pyrrole nitrogens is 1. The summed E-state index contributed by atoms with van der Waals surface area (Å²) >= 11 is 0. The Morgan fingerprint density at radius 2 is 2.00 bits per heavy atom. The quantitative estimate of drug-likeness (QED) is 0.762. The van der Waals surface area contributed by atoms with Crippen LogP contribution in [0.1, 0.15) is 32.2 Å². The number of carboxylic acids is 1. The molecule has 1 amide bonds. The molecule has 3 N–H and O–H groups in total. The van der Waals surface area contributed by atoms with Crippen LogP contribution in [0.3, 0.4) is 0 Å². The second-order valence-corrected chi connectivity index (χ2v) is 5.18. The summed E-state index contributed by atoms with van der Waals surface area (Å²) in [4.78, 5) is 40.4. The Labute approximate surface area is 115 Å². The highest BCUT2D eigenvalue weighted by molar-refractivity contribution is 5.85. The zero-order valence-electron chi connectivity index (χ0n) is 11.7. The lowest BCUT2D eigenvalue weighted by Crippen LogP contribution is -2.30. The number of aromatic amines is 1. The van der Waals surface area contributed by atoms with Crippen molar-refractivity contribution in [2.45, 2.75) is 39.7 Å². The number of carbonyl (C=O) groups excluding carboxylic acids is 1.